The molecule has 0 radical (unpaired) electrons. The maximum absolute atomic E-state index is 13.8. The highest BCUT2D eigenvalue weighted by atomic mass is 16.7. The number of Topliss-reactive ketones (excluding diaryl/α,β-unsaturated/α-hetero) is 3. The minimum atomic E-state index is -2.44. The number of ether oxygens (including phenoxy) is 4. The number of allylic oxidation sites excluding steroid dienone is 4. The lowest BCUT2D eigenvalue weighted by atomic mass is 9.81. The van der Waals surface area contributed by atoms with Gasteiger partial charge in [0.15, 0.2) is 5.78 Å². The molecule has 1 amide bonds. The smallest absolute Gasteiger partial charge is 0.296 e. The fourth-order valence-corrected chi connectivity index (χ4v) is 9.21. The van der Waals surface area contributed by atoms with Crippen LogP contribution >= 0.6 is 0 Å². The van der Waals surface area contributed by atoms with Crippen LogP contribution in [0.3, 0.4) is 0 Å². The van der Waals surface area contributed by atoms with Gasteiger partial charge in [0.1, 0.15) is 11.9 Å². The Balaban J connectivity index is 1.66. The van der Waals surface area contributed by atoms with E-state index in [4.69, 9.17) is 18.9 Å². The van der Waals surface area contributed by atoms with Crippen molar-refractivity contribution in [2.24, 2.45) is 29.6 Å². The van der Waals surface area contributed by atoms with Crippen molar-refractivity contribution in [1.29, 1.82) is 0 Å². The number of rotatable bonds is 21. The molecule has 3 rings (SSSR count). The van der Waals surface area contributed by atoms with Gasteiger partial charge in [-0.15, -0.1) is 6.58 Å². The molecule has 330 valence electrons. The Labute approximate surface area is 346 Å². The van der Waals surface area contributed by atoms with Crippen molar-refractivity contribution in [1.82, 2.24) is 4.90 Å². The molecule has 1 saturated carbocycles. The molecular formula is C45H73NO12. The lowest BCUT2D eigenvalue weighted by Crippen LogP contribution is -2.64. The van der Waals surface area contributed by atoms with Gasteiger partial charge in [0, 0.05) is 52.0 Å². The molecule has 14 atom stereocenters. The van der Waals surface area contributed by atoms with Crippen LogP contribution < -0.4 is 0 Å². The number of likely N-dealkylation sites (tertiary alicyclic amines) is 1. The Morgan fingerprint density at radius 3 is 2.24 bits per heavy atom. The first-order valence-electron chi connectivity index (χ1n) is 21.2. The van der Waals surface area contributed by atoms with Crippen molar-refractivity contribution < 1.29 is 58.6 Å². The first-order chi connectivity index (χ1) is 27.3. The molecule has 0 aromatic heterocycles. The summed E-state index contributed by atoms with van der Waals surface area (Å²) < 4.78 is 23.3. The Morgan fingerprint density at radius 1 is 0.966 bits per heavy atom. The summed E-state index contributed by atoms with van der Waals surface area (Å²) in [6.45, 7) is 14.6. The highest BCUT2D eigenvalue weighted by Gasteiger charge is 2.56. The molecule has 3 aliphatic rings. The number of nitrogens with zero attached hydrogens (tertiary/aromatic N) is 1. The summed E-state index contributed by atoms with van der Waals surface area (Å²) in [5.41, 5.74) is 1.66. The summed E-state index contributed by atoms with van der Waals surface area (Å²) in [4.78, 5) is 54.5. The third kappa shape index (κ3) is 12.7. The van der Waals surface area contributed by atoms with Gasteiger partial charge in [-0.1, -0.05) is 44.6 Å². The second-order valence-corrected chi connectivity index (χ2v) is 17.5. The van der Waals surface area contributed by atoms with Crippen LogP contribution in [-0.2, 0) is 38.1 Å². The van der Waals surface area contributed by atoms with Crippen LogP contribution in [0.15, 0.2) is 36.0 Å². The molecule has 0 unspecified atom stereocenters. The Hall–Kier alpha value is -2.62. The second-order valence-electron chi connectivity index (χ2n) is 17.5. The minimum absolute atomic E-state index is 0.0154. The van der Waals surface area contributed by atoms with E-state index in [0.717, 1.165) is 18.4 Å². The molecule has 2 saturated heterocycles. The molecule has 4 N–H and O–H groups in total. The molecule has 13 heteroatoms. The molecule has 13 nitrogen and oxygen atoms in total. The number of aliphatic hydroxyl groups is 4. The van der Waals surface area contributed by atoms with Crippen LogP contribution in [0.1, 0.15) is 112 Å². The highest BCUT2D eigenvalue weighted by molar-refractivity contribution is 6.39. The largest absolute Gasteiger partial charge is 0.392 e. The first-order valence-corrected chi connectivity index (χ1v) is 21.2. The van der Waals surface area contributed by atoms with Crippen molar-refractivity contribution in [2.45, 2.75) is 167 Å². The van der Waals surface area contributed by atoms with E-state index in [0.29, 0.717) is 50.5 Å². The van der Waals surface area contributed by atoms with Crippen LogP contribution in [0.25, 0.3) is 0 Å². The summed E-state index contributed by atoms with van der Waals surface area (Å²) in [7, 11) is 4.62. The summed E-state index contributed by atoms with van der Waals surface area (Å²) in [5, 5.41) is 44.2. The van der Waals surface area contributed by atoms with Crippen LogP contribution in [0, 0.1) is 29.6 Å². The molecule has 3 fully saturated rings. The number of piperidine rings is 1. The Morgan fingerprint density at radius 2 is 1.64 bits per heavy atom. The fourth-order valence-electron chi connectivity index (χ4n) is 9.21. The zero-order valence-electron chi connectivity index (χ0n) is 36.4. The molecule has 2 aliphatic heterocycles. The van der Waals surface area contributed by atoms with Crippen LogP contribution in [0.2, 0.25) is 0 Å². The third-order valence-electron chi connectivity index (χ3n) is 12.9. The maximum Gasteiger partial charge on any atom is 0.296 e. The summed E-state index contributed by atoms with van der Waals surface area (Å²) in [6, 6.07) is -0.715. The lowest BCUT2D eigenvalue weighted by Gasteiger charge is -2.47. The monoisotopic (exact) mass is 820 g/mol. The number of carbonyl (C=O) groups is 4. The maximum atomic E-state index is 13.8. The average Bonchev–Trinajstić information content (AvgIpc) is 3.19. The number of methoxy groups -OCH3 is 3. The number of ketones is 3. The summed E-state index contributed by atoms with van der Waals surface area (Å²) >= 11 is 0. The molecule has 0 aromatic carbocycles. The molecule has 1 aliphatic carbocycles. The van der Waals surface area contributed by atoms with E-state index in [2.05, 4.69) is 6.58 Å². The Kier molecular flexibility index (Phi) is 19.6. The number of aliphatic hydroxyl groups excluding tert-OH is 3. The predicted molar refractivity (Wildman–Crippen MR) is 219 cm³/mol. The quantitative estimate of drug-likeness (QED) is 0.0928. The van der Waals surface area contributed by atoms with Crippen molar-refractivity contribution in [3.8, 4) is 0 Å². The van der Waals surface area contributed by atoms with Gasteiger partial charge in [0.25, 0.3) is 11.7 Å². The zero-order valence-corrected chi connectivity index (χ0v) is 36.4. The van der Waals surface area contributed by atoms with Crippen LogP contribution in [-0.4, -0.2) is 131 Å². The van der Waals surface area contributed by atoms with Gasteiger partial charge in [0.05, 0.1) is 42.7 Å². The molecule has 2 heterocycles. The minimum Gasteiger partial charge on any atom is -0.392 e. The van der Waals surface area contributed by atoms with Crippen molar-refractivity contribution in [2.75, 3.05) is 27.9 Å². The molecule has 0 spiro atoms. The third-order valence-corrected chi connectivity index (χ3v) is 12.9. The second kappa shape index (κ2) is 22.8. The summed E-state index contributed by atoms with van der Waals surface area (Å²) in [6.07, 6.45) is 6.12. The normalized spacial score (nSPS) is 31.7. The zero-order chi connectivity index (χ0) is 43.5. The van der Waals surface area contributed by atoms with E-state index in [1.165, 1.54) is 26.0 Å². The predicted octanol–water partition coefficient (Wildman–Crippen LogP) is 4.66. The summed E-state index contributed by atoms with van der Waals surface area (Å²) in [5.74, 6) is -6.63. The molecule has 0 bridgehead atoms. The SMILES string of the molecule is C=CC[C@H](/C=C(\C)C[C@H](C)C[C@H](OC)[C@H]1O[C@@](O)(C(=O)C(=O)N2CCCC[C@H]2C(C)=O)[C@H](C)C[C@@H]1OC)C(=O)C[C@H](O)[C@@H](C)[C@H](O)/C(C)=C/[C@@H]1CC[C@@H](O)[C@H](OC)C1. The number of carbonyl (C=O) groups excluding carboxylic acids is 4. The standard InChI is InChI=1S/C45H73NO12/c1-11-14-33(37(50)25-36(49)30(6)41(51)28(4)22-32-16-17-35(48)38(24-32)55-8)20-26(2)19-27(3)21-39(56-9)42-40(57-10)23-29(5)45(54,58-42)43(52)44(53)46-18-13-12-15-34(46)31(7)47/h11,20,22,27,29-30,32-36,38-42,48-49,51,54H,1,12-19,21,23-25H2,2-10H3/b26-20+,28-22+/t27-,29+,30+,32-,33+,34-,35+,36-,38+,39-,40-,41+,42+,45+/m0/s1. The van der Waals surface area contributed by atoms with Gasteiger partial charge < -0.3 is 44.3 Å². The van der Waals surface area contributed by atoms with Gasteiger partial charge >= 0.3 is 0 Å². The van der Waals surface area contributed by atoms with E-state index in [9.17, 15) is 39.6 Å². The van der Waals surface area contributed by atoms with Crippen LogP contribution in [0.4, 0.5) is 0 Å². The topological polar surface area (TPSA) is 189 Å². The van der Waals surface area contributed by atoms with Gasteiger partial charge in [-0.05, 0) is 102 Å². The van der Waals surface area contributed by atoms with E-state index in [1.807, 2.05) is 32.9 Å². The lowest BCUT2D eigenvalue weighted by molar-refractivity contribution is -0.302. The van der Waals surface area contributed by atoms with Gasteiger partial charge in [-0.3, -0.25) is 19.2 Å². The fraction of sp³-hybridized carbons (Fsp3) is 0.778. The van der Waals surface area contributed by atoms with Crippen molar-refractivity contribution >= 4 is 23.3 Å². The van der Waals surface area contributed by atoms with E-state index in [-0.39, 0.29) is 48.9 Å². The van der Waals surface area contributed by atoms with Gasteiger partial charge in [-0.25, -0.2) is 0 Å². The van der Waals surface area contributed by atoms with E-state index in [1.54, 1.807) is 27.0 Å². The van der Waals surface area contributed by atoms with Gasteiger partial charge in [0.2, 0.25) is 5.79 Å². The number of hydrogen-bond donors (Lipinski definition) is 4. The Bertz CT molecular complexity index is 1460. The van der Waals surface area contributed by atoms with Crippen molar-refractivity contribution in [3.63, 3.8) is 0 Å². The number of hydrogen-bond acceptors (Lipinski definition) is 12. The molecular weight excluding hydrogens is 746 g/mol. The highest BCUT2D eigenvalue weighted by Crippen LogP contribution is 2.39. The van der Waals surface area contributed by atoms with Crippen LogP contribution in [0.5, 0.6) is 0 Å². The average molecular weight is 820 g/mol. The van der Waals surface area contributed by atoms with Crippen molar-refractivity contribution in [3.05, 3.63) is 36.0 Å². The van der Waals surface area contributed by atoms with E-state index < -0.39 is 77.9 Å². The molecule has 0 aromatic rings. The van der Waals surface area contributed by atoms with E-state index >= 15 is 0 Å². The first kappa shape index (κ1) is 49.7. The number of amides is 1. The molecule has 58 heavy (non-hydrogen) atoms. The van der Waals surface area contributed by atoms with Gasteiger partial charge in [-0.2, -0.15) is 0 Å².